The molecule has 0 saturated carbocycles. The zero-order valence-electron chi connectivity index (χ0n) is 9.27. The van der Waals surface area contributed by atoms with Crippen molar-refractivity contribution in [3.63, 3.8) is 0 Å². The quantitative estimate of drug-likeness (QED) is 0.917. The van der Waals surface area contributed by atoms with E-state index in [1.807, 2.05) is 30.8 Å². The smallest absolute Gasteiger partial charge is 0.0931 e. The Hall–Kier alpha value is -0.840. The van der Waals surface area contributed by atoms with Crippen molar-refractivity contribution in [2.75, 3.05) is 0 Å². The Labute approximate surface area is 104 Å². The van der Waals surface area contributed by atoms with Gasteiger partial charge in [0.2, 0.25) is 0 Å². The third kappa shape index (κ3) is 2.45. The fraction of sp³-hybridized carbons (Fsp3) is 0.364. The van der Waals surface area contributed by atoms with E-state index in [0.29, 0.717) is 0 Å². The van der Waals surface area contributed by atoms with Crippen LogP contribution in [0.15, 0.2) is 18.2 Å². The summed E-state index contributed by atoms with van der Waals surface area (Å²) in [6, 6.07) is 5.93. The van der Waals surface area contributed by atoms with Crippen molar-refractivity contribution < 1.29 is 0 Å². The number of halogens is 1. The first-order valence-electron chi connectivity index (χ1n) is 5.06. The van der Waals surface area contributed by atoms with E-state index in [2.05, 4.69) is 11.2 Å². The third-order valence-electron chi connectivity index (χ3n) is 2.49. The van der Waals surface area contributed by atoms with Gasteiger partial charge in [0.15, 0.2) is 0 Å². The molecule has 2 rings (SSSR count). The summed E-state index contributed by atoms with van der Waals surface area (Å²) in [6.07, 6.45) is 0.786. The molecule has 86 valence electrons. The van der Waals surface area contributed by atoms with Crippen molar-refractivity contribution in [3.05, 3.63) is 38.8 Å². The maximum atomic E-state index is 6.13. The molecule has 0 aliphatic heterocycles. The Morgan fingerprint density at radius 3 is 2.81 bits per heavy atom. The van der Waals surface area contributed by atoms with E-state index < -0.39 is 0 Å². The minimum Gasteiger partial charge on any atom is -0.323 e. The van der Waals surface area contributed by atoms with Crippen molar-refractivity contribution >= 4 is 22.9 Å². The van der Waals surface area contributed by atoms with Crippen LogP contribution < -0.4 is 5.73 Å². The van der Waals surface area contributed by atoms with Crippen molar-refractivity contribution in [3.8, 4) is 0 Å². The molecule has 1 atom stereocenters. The summed E-state index contributed by atoms with van der Waals surface area (Å²) < 4.78 is 2.66. The SMILES string of the molecule is Cc1cc(CC(N)c2ccc(Cl)s2)n(C)n1. The molecule has 0 fully saturated rings. The number of nitrogens with zero attached hydrogens (tertiary/aromatic N) is 2. The highest BCUT2D eigenvalue weighted by molar-refractivity contribution is 7.16. The Balaban J connectivity index is 2.13. The normalized spacial score (nSPS) is 13.0. The molecular formula is C11H14ClN3S. The zero-order chi connectivity index (χ0) is 11.7. The van der Waals surface area contributed by atoms with Gasteiger partial charge < -0.3 is 5.73 Å². The minimum atomic E-state index is -0.00713. The summed E-state index contributed by atoms with van der Waals surface area (Å²) in [5.41, 5.74) is 8.30. The lowest BCUT2D eigenvalue weighted by Gasteiger charge is -2.09. The molecule has 0 amide bonds. The number of hydrogen-bond acceptors (Lipinski definition) is 3. The lowest BCUT2D eigenvalue weighted by atomic mass is 10.1. The van der Waals surface area contributed by atoms with Crippen LogP contribution in [-0.2, 0) is 13.5 Å². The van der Waals surface area contributed by atoms with E-state index in [0.717, 1.165) is 27.0 Å². The second-order valence-electron chi connectivity index (χ2n) is 3.85. The van der Waals surface area contributed by atoms with Crippen molar-refractivity contribution in [1.29, 1.82) is 0 Å². The molecule has 5 heteroatoms. The van der Waals surface area contributed by atoms with Crippen LogP contribution in [0.2, 0.25) is 4.34 Å². The third-order valence-corrected chi connectivity index (χ3v) is 3.85. The topological polar surface area (TPSA) is 43.8 Å². The lowest BCUT2D eigenvalue weighted by molar-refractivity contribution is 0.646. The van der Waals surface area contributed by atoms with E-state index in [4.69, 9.17) is 17.3 Å². The molecule has 16 heavy (non-hydrogen) atoms. The summed E-state index contributed by atoms with van der Waals surface area (Å²) in [7, 11) is 1.94. The van der Waals surface area contributed by atoms with E-state index in [9.17, 15) is 0 Å². The number of hydrogen-bond donors (Lipinski definition) is 1. The van der Waals surface area contributed by atoms with Gasteiger partial charge in [-0.3, -0.25) is 4.68 Å². The summed E-state index contributed by atoms with van der Waals surface area (Å²) >= 11 is 7.43. The van der Waals surface area contributed by atoms with E-state index in [1.165, 1.54) is 11.3 Å². The molecule has 2 aromatic rings. The molecule has 0 aliphatic rings. The maximum absolute atomic E-state index is 6.13. The van der Waals surface area contributed by atoms with Crippen LogP contribution in [0.3, 0.4) is 0 Å². The first-order chi connectivity index (χ1) is 7.56. The molecule has 2 heterocycles. The van der Waals surface area contributed by atoms with Crippen LogP contribution in [-0.4, -0.2) is 9.78 Å². The second kappa shape index (κ2) is 4.57. The predicted octanol–water partition coefficient (Wildman–Crippen LogP) is 2.69. The second-order valence-corrected chi connectivity index (χ2v) is 5.60. The fourth-order valence-corrected chi connectivity index (χ4v) is 2.77. The summed E-state index contributed by atoms with van der Waals surface area (Å²) in [6.45, 7) is 1.98. The Kier molecular flexibility index (Phi) is 3.33. The van der Waals surface area contributed by atoms with Crippen LogP contribution >= 0.6 is 22.9 Å². The number of thiophene rings is 1. The first kappa shape index (κ1) is 11.6. The summed E-state index contributed by atoms with van der Waals surface area (Å²) in [5, 5.41) is 4.30. The van der Waals surface area contributed by atoms with Crippen molar-refractivity contribution in [2.24, 2.45) is 12.8 Å². The van der Waals surface area contributed by atoms with E-state index in [1.54, 1.807) is 0 Å². The van der Waals surface area contributed by atoms with Gasteiger partial charge in [0.25, 0.3) is 0 Å². The van der Waals surface area contributed by atoms with Gasteiger partial charge in [0, 0.05) is 30.1 Å². The van der Waals surface area contributed by atoms with Crippen LogP contribution in [0.1, 0.15) is 22.3 Å². The van der Waals surface area contributed by atoms with Gasteiger partial charge in [-0.1, -0.05) is 11.6 Å². The Morgan fingerprint density at radius 1 is 1.56 bits per heavy atom. The highest BCUT2D eigenvalue weighted by Gasteiger charge is 2.12. The average Bonchev–Trinajstić information content (AvgIpc) is 2.74. The number of aryl methyl sites for hydroxylation is 2. The van der Waals surface area contributed by atoms with Crippen LogP contribution in [0, 0.1) is 6.92 Å². The van der Waals surface area contributed by atoms with Crippen LogP contribution in [0.5, 0.6) is 0 Å². The fourth-order valence-electron chi connectivity index (χ4n) is 1.71. The number of aromatic nitrogens is 2. The molecule has 2 aromatic heterocycles. The maximum Gasteiger partial charge on any atom is 0.0931 e. The van der Waals surface area contributed by atoms with Gasteiger partial charge in [-0.05, 0) is 25.1 Å². The minimum absolute atomic E-state index is 0.00713. The van der Waals surface area contributed by atoms with Gasteiger partial charge in [0.1, 0.15) is 0 Å². The molecule has 0 aliphatic carbocycles. The van der Waals surface area contributed by atoms with Gasteiger partial charge in [-0.2, -0.15) is 5.10 Å². The predicted molar refractivity (Wildman–Crippen MR) is 67.9 cm³/mol. The zero-order valence-corrected chi connectivity index (χ0v) is 10.8. The molecule has 0 saturated heterocycles. The summed E-state index contributed by atoms with van der Waals surface area (Å²) in [5.74, 6) is 0. The highest BCUT2D eigenvalue weighted by Crippen LogP contribution is 2.27. The van der Waals surface area contributed by atoms with Crippen LogP contribution in [0.25, 0.3) is 0 Å². The molecular weight excluding hydrogens is 242 g/mol. The molecule has 0 spiro atoms. The summed E-state index contributed by atoms with van der Waals surface area (Å²) in [4.78, 5) is 1.11. The highest BCUT2D eigenvalue weighted by atomic mass is 35.5. The molecule has 0 bridgehead atoms. The van der Waals surface area contributed by atoms with Gasteiger partial charge in [0.05, 0.1) is 10.0 Å². The van der Waals surface area contributed by atoms with Gasteiger partial charge in [-0.25, -0.2) is 0 Å². The van der Waals surface area contributed by atoms with Crippen molar-refractivity contribution in [1.82, 2.24) is 9.78 Å². The molecule has 3 nitrogen and oxygen atoms in total. The van der Waals surface area contributed by atoms with Gasteiger partial charge >= 0.3 is 0 Å². The molecule has 0 aromatic carbocycles. The monoisotopic (exact) mass is 255 g/mol. The van der Waals surface area contributed by atoms with Crippen LogP contribution in [0.4, 0.5) is 0 Å². The van der Waals surface area contributed by atoms with E-state index >= 15 is 0 Å². The average molecular weight is 256 g/mol. The Morgan fingerprint density at radius 2 is 2.31 bits per heavy atom. The van der Waals surface area contributed by atoms with Gasteiger partial charge in [-0.15, -0.1) is 11.3 Å². The molecule has 1 unspecified atom stereocenters. The Bertz CT molecular complexity index is 489. The molecule has 2 N–H and O–H groups in total. The lowest BCUT2D eigenvalue weighted by Crippen LogP contribution is -2.14. The number of rotatable bonds is 3. The first-order valence-corrected chi connectivity index (χ1v) is 6.26. The largest absolute Gasteiger partial charge is 0.323 e. The standard InChI is InChI=1S/C11H14ClN3S/c1-7-5-8(15(2)14-7)6-9(13)10-3-4-11(12)16-10/h3-5,9H,6,13H2,1-2H3. The van der Waals surface area contributed by atoms with Crippen molar-refractivity contribution in [2.45, 2.75) is 19.4 Å². The van der Waals surface area contributed by atoms with E-state index in [-0.39, 0.29) is 6.04 Å². The number of nitrogens with two attached hydrogens (primary N) is 1. The molecule has 0 radical (unpaired) electrons.